The van der Waals surface area contributed by atoms with Crippen molar-refractivity contribution >= 4 is 5.91 Å². The van der Waals surface area contributed by atoms with Crippen molar-refractivity contribution < 1.29 is 9.53 Å². The molecule has 29 heavy (non-hydrogen) atoms. The maximum atomic E-state index is 12.0. The summed E-state index contributed by atoms with van der Waals surface area (Å²) in [5, 5.41) is 3.03. The molecule has 0 atom stereocenters. The Kier molecular flexibility index (Phi) is 11.2. The van der Waals surface area contributed by atoms with E-state index in [0.717, 1.165) is 43.5 Å². The Bertz CT molecular complexity index is 698. The topological polar surface area (TPSA) is 55.4 Å². The van der Waals surface area contributed by atoms with Crippen LogP contribution in [0.15, 0.2) is 35.1 Å². The fourth-order valence-electron chi connectivity index (χ4n) is 3.49. The minimum atomic E-state index is 0.141. The van der Waals surface area contributed by atoms with Crippen molar-refractivity contribution in [2.75, 3.05) is 13.2 Å². The monoisotopic (exact) mass is 399 g/mol. The molecule has 160 valence electrons. The van der Waals surface area contributed by atoms with E-state index < -0.39 is 0 Å². The SMILES string of the molecule is CCOc1ccc(CCC(=O)NCCCCCCCCCCCc2cc2=O)cc1. The lowest BCUT2D eigenvalue weighted by Crippen LogP contribution is -2.24. The molecule has 0 bridgehead atoms. The number of hydrogen-bond acceptors (Lipinski definition) is 3. The lowest BCUT2D eigenvalue weighted by atomic mass is 10.1. The van der Waals surface area contributed by atoms with Gasteiger partial charge < -0.3 is 10.1 Å². The molecule has 0 radical (unpaired) electrons. The van der Waals surface area contributed by atoms with E-state index in [-0.39, 0.29) is 11.3 Å². The first-order chi connectivity index (χ1) is 14.2. The van der Waals surface area contributed by atoms with E-state index in [2.05, 4.69) is 5.32 Å². The van der Waals surface area contributed by atoms with E-state index in [1.54, 1.807) is 6.07 Å². The third kappa shape index (κ3) is 10.9. The van der Waals surface area contributed by atoms with Crippen molar-refractivity contribution in [1.29, 1.82) is 0 Å². The van der Waals surface area contributed by atoms with Gasteiger partial charge in [-0.15, -0.1) is 0 Å². The number of benzene rings is 1. The van der Waals surface area contributed by atoms with Crippen LogP contribution < -0.4 is 15.5 Å². The number of unbranched alkanes of at least 4 members (excludes halogenated alkanes) is 8. The number of aryl methyl sites for hydroxylation is 2. The predicted octanol–water partition coefficient (Wildman–Crippen LogP) is 5.12. The van der Waals surface area contributed by atoms with Gasteiger partial charge in [0.25, 0.3) is 0 Å². The summed E-state index contributed by atoms with van der Waals surface area (Å²) in [6, 6.07) is 9.74. The summed E-state index contributed by atoms with van der Waals surface area (Å²) < 4.78 is 5.43. The Morgan fingerprint density at radius 2 is 1.45 bits per heavy atom. The van der Waals surface area contributed by atoms with Crippen LogP contribution in [0.5, 0.6) is 5.75 Å². The Balaban J connectivity index is 1.34. The normalized spacial score (nSPS) is 11.1. The zero-order valence-corrected chi connectivity index (χ0v) is 18.0. The van der Waals surface area contributed by atoms with Crippen molar-refractivity contribution in [3.63, 3.8) is 0 Å². The summed E-state index contributed by atoms with van der Waals surface area (Å²) in [5.74, 6) is 1.02. The fourth-order valence-corrected chi connectivity index (χ4v) is 3.49. The van der Waals surface area contributed by atoms with E-state index in [9.17, 15) is 9.59 Å². The molecule has 0 aliphatic carbocycles. The number of carbonyl (C=O) groups excluding carboxylic acids is 1. The van der Waals surface area contributed by atoms with Gasteiger partial charge in [-0.1, -0.05) is 57.1 Å². The zero-order chi connectivity index (χ0) is 20.7. The van der Waals surface area contributed by atoms with Crippen LogP contribution in [0, 0.1) is 0 Å². The number of rotatable bonds is 17. The maximum absolute atomic E-state index is 12.0. The molecular formula is C25H37NO3. The van der Waals surface area contributed by atoms with E-state index in [0.29, 0.717) is 13.0 Å². The van der Waals surface area contributed by atoms with Gasteiger partial charge in [0.15, 0.2) is 5.43 Å². The minimum Gasteiger partial charge on any atom is -0.494 e. The molecule has 0 aliphatic heterocycles. The molecule has 0 fully saturated rings. The van der Waals surface area contributed by atoms with Gasteiger partial charge in [0.2, 0.25) is 5.91 Å². The first kappa shape index (κ1) is 23.2. The van der Waals surface area contributed by atoms with E-state index in [1.807, 2.05) is 31.2 Å². The van der Waals surface area contributed by atoms with Crippen LogP contribution >= 0.6 is 0 Å². The largest absolute Gasteiger partial charge is 0.494 e. The molecule has 4 nitrogen and oxygen atoms in total. The van der Waals surface area contributed by atoms with Crippen LogP contribution in [0.3, 0.4) is 0 Å². The molecule has 4 heteroatoms. The average molecular weight is 400 g/mol. The molecule has 1 amide bonds. The van der Waals surface area contributed by atoms with Crippen molar-refractivity contribution in [2.24, 2.45) is 0 Å². The van der Waals surface area contributed by atoms with E-state index in [1.165, 1.54) is 50.5 Å². The Labute approximate surface area is 175 Å². The van der Waals surface area contributed by atoms with Crippen LogP contribution in [-0.2, 0) is 17.6 Å². The number of hydrogen-bond donors (Lipinski definition) is 1. The van der Waals surface area contributed by atoms with Gasteiger partial charge in [0, 0.05) is 18.5 Å². The second-order valence-corrected chi connectivity index (χ2v) is 7.89. The maximum Gasteiger partial charge on any atom is 0.220 e. The first-order valence-corrected chi connectivity index (χ1v) is 11.4. The lowest BCUT2D eigenvalue weighted by Gasteiger charge is -2.07. The predicted molar refractivity (Wildman–Crippen MR) is 119 cm³/mol. The molecule has 0 heterocycles. The van der Waals surface area contributed by atoms with E-state index >= 15 is 0 Å². The van der Waals surface area contributed by atoms with Gasteiger partial charge in [-0.25, -0.2) is 0 Å². The first-order valence-electron chi connectivity index (χ1n) is 11.4. The van der Waals surface area contributed by atoms with E-state index in [4.69, 9.17) is 4.74 Å². The molecule has 2 aromatic carbocycles. The van der Waals surface area contributed by atoms with Crippen molar-refractivity contribution in [2.45, 2.75) is 84.0 Å². The summed E-state index contributed by atoms with van der Waals surface area (Å²) >= 11 is 0. The van der Waals surface area contributed by atoms with Gasteiger partial charge in [-0.2, -0.15) is 0 Å². The van der Waals surface area contributed by atoms with Crippen LogP contribution in [0.4, 0.5) is 0 Å². The third-order valence-electron chi connectivity index (χ3n) is 5.36. The molecule has 0 spiro atoms. The molecule has 2 rings (SSSR count). The highest BCUT2D eigenvalue weighted by Crippen LogP contribution is 2.14. The molecular weight excluding hydrogens is 362 g/mol. The van der Waals surface area contributed by atoms with Gasteiger partial charge in [-0.3, -0.25) is 9.59 Å². The molecule has 0 aromatic heterocycles. The Morgan fingerprint density at radius 3 is 2.03 bits per heavy atom. The zero-order valence-electron chi connectivity index (χ0n) is 18.0. The summed E-state index contributed by atoms with van der Waals surface area (Å²) in [7, 11) is 0. The number of ether oxygens (including phenoxy) is 1. The molecule has 0 unspecified atom stereocenters. The smallest absolute Gasteiger partial charge is 0.220 e. The van der Waals surface area contributed by atoms with Crippen molar-refractivity contribution in [3.05, 3.63) is 51.7 Å². The highest BCUT2D eigenvalue weighted by Gasteiger charge is 2.06. The average Bonchev–Trinajstić information content (AvgIpc) is 3.43. The quantitative estimate of drug-likeness (QED) is 0.376. The summed E-state index contributed by atoms with van der Waals surface area (Å²) in [6.07, 6.45) is 13.4. The van der Waals surface area contributed by atoms with Gasteiger partial charge in [-0.05, 0) is 56.4 Å². The molecule has 0 saturated carbocycles. The minimum absolute atomic E-state index is 0.141. The van der Waals surface area contributed by atoms with Gasteiger partial charge >= 0.3 is 0 Å². The summed E-state index contributed by atoms with van der Waals surface area (Å²) in [6.45, 7) is 3.43. The van der Waals surface area contributed by atoms with Gasteiger partial charge in [0.05, 0.1) is 6.61 Å². The number of amides is 1. The lowest BCUT2D eigenvalue weighted by molar-refractivity contribution is -0.121. The molecule has 2 aromatic rings. The van der Waals surface area contributed by atoms with Crippen LogP contribution in [0.2, 0.25) is 0 Å². The summed E-state index contributed by atoms with van der Waals surface area (Å²) in [4.78, 5) is 22.8. The van der Waals surface area contributed by atoms with Crippen molar-refractivity contribution in [3.8, 4) is 5.75 Å². The second kappa shape index (κ2) is 14.0. The number of carbonyl (C=O) groups is 1. The highest BCUT2D eigenvalue weighted by atomic mass is 16.5. The summed E-state index contributed by atoms with van der Waals surface area (Å²) in [5.41, 5.74) is 2.49. The van der Waals surface area contributed by atoms with Crippen LogP contribution in [0.25, 0.3) is 0 Å². The van der Waals surface area contributed by atoms with Gasteiger partial charge in [0.1, 0.15) is 5.75 Å². The third-order valence-corrected chi connectivity index (χ3v) is 5.36. The number of nitrogens with one attached hydrogen (secondary N) is 1. The molecule has 1 N–H and O–H groups in total. The highest BCUT2D eigenvalue weighted by molar-refractivity contribution is 5.76. The van der Waals surface area contributed by atoms with Crippen LogP contribution in [0.1, 0.15) is 82.3 Å². The fraction of sp³-hybridized carbons (Fsp3) is 0.600. The molecule has 0 saturated heterocycles. The standard InChI is InChI=1S/C25H37NO3/c1-2-29-23-16-13-21(14-17-23)15-18-25(28)26-19-11-9-7-5-3-4-6-8-10-12-22-20-24(22)27/h13-14,16-17,20H,2-12,15,18-19H2,1H3,(H,26,28). The van der Waals surface area contributed by atoms with Crippen LogP contribution in [-0.4, -0.2) is 19.1 Å². The Morgan fingerprint density at radius 1 is 0.862 bits per heavy atom. The Hall–Kier alpha value is -2.10. The van der Waals surface area contributed by atoms with Crippen molar-refractivity contribution in [1.82, 2.24) is 5.32 Å². The second-order valence-electron chi connectivity index (χ2n) is 7.89. The molecule has 0 aliphatic rings.